The van der Waals surface area contributed by atoms with Crippen molar-refractivity contribution in [3.05, 3.63) is 106 Å². The molecule has 0 aromatic heterocycles. The minimum atomic E-state index is -1.62. The molecule has 4 aromatic carbocycles. The Balaban J connectivity index is 0.910. The molecular weight excluding hydrogens is 1060 g/mol. The van der Waals surface area contributed by atoms with Crippen molar-refractivity contribution in [1.29, 1.82) is 0 Å². The number of hydroxylamine groups is 4. The fraction of sp³-hybridized carbons (Fsp3) is 0.444. The van der Waals surface area contributed by atoms with Gasteiger partial charge in [0.1, 0.15) is 23.1 Å². The van der Waals surface area contributed by atoms with Crippen molar-refractivity contribution in [3.63, 3.8) is 0 Å². The lowest BCUT2D eigenvalue weighted by Crippen LogP contribution is -2.52. The molecule has 24 heteroatoms. The number of amides is 4. The number of ether oxygens (including phenoxy) is 2. The van der Waals surface area contributed by atoms with Crippen LogP contribution in [0.15, 0.2) is 72.8 Å². The molecule has 4 fully saturated rings. The first-order valence-corrected chi connectivity index (χ1v) is 26.6. The monoisotopic (exact) mass is 1120 g/mol. The minimum Gasteiger partial charge on any atom is -0.496 e. The molecule has 0 saturated carbocycles. The molecule has 4 saturated heterocycles. The Labute approximate surface area is 461 Å². The lowest BCUT2D eigenvalue weighted by molar-refractivity contribution is -0.215. The number of nitrogen functional groups attached to an aromatic ring is 2. The Morgan fingerprint density at radius 2 is 0.859 bits per heavy atom. The number of piperazine rings is 2. The van der Waals surface area contributed by atoms with E-state index in [1.807, 2.05) is 9.80 Å². The number of benzene rings is 4. The van der Waals surface area contributed by atoms with Gasteiger partial charge in [0.25, 0.3) is 11.8 Å². The molecule has 0 bridgehead atoms. The van der Waals surface area contributed by atoms with Gasteiger partial charge < -0.3 is 60.0 Å². The fourth-order valence-electron chi connectivity index (χ4n) is 10.2. The van der Waals surface area contributed by atoms with Crippen molar-refractivity contribution < 1.29 is 56.7 Å². The van der Waals surface area contributed by atoms with Crippen molar-refractivity contribution in [3.8, 4) is 11.5 Å². The predicted octanol–water partition coefficient (Wildman–Crippen LogP) is 5.36. The number of nitrogens with zero attached hydrogens (tertiary/aromatic N) is 8. The Bertz CT molecular complexity index is 2620. The summed E-state index contributed by atoms with van der Waals surface area (Å²) in [5.41, 5.74) is 13.8. The summed E-state index contributed by atoms with van der Waals surface area (Å²) < 4.78 is 37.9. The first-order valence-electron chi connectivity index (χ1n) is 25.9. The summed E-state index contributed by atoms with van der Waals surface area (Å²) in [6.45, 7) is 6.90. The average molecular weight is 1120 g/mol. The van der Waals surface area contributed by atoms with Crippen LogP contribution in [0.1, 0.15) is 59.2 Å². The van der Waals surface area contributed by atoms with Crippen molar-refractivity contribution in [2.24, 2.45) is 0 Å². The van der Waals surface area contributed by atoms with E-state index in [2.05, 4.69) is 19.6 Å². The third kappa shape index (κ3) is 13.9. The minimum absolute atomic E-state index is 0.0120. The number of piperidine rings is 2. The molecule has 0 unspecified atom stereocenters. The number of halogens is 4. The maximum atomic E-state index is 14.5. The zero-order chi connectivity index (χ0) is 55.6. The molecule has 0 atom stereocenters. The Kier molecular flexibility index (Phi) is 19.0. The normalized spacial score (nSPS) is 16.8. The van der Waals surface area contributed by atoms with Crippen molar-refractivity contribution in [1.82, 2.24) is 29.7 Å². The van der Waals surface area contributed by atoms with Crippen LogP contribution in [0.25, 0.3) is 0 Å². The molecule has 78 heavy (non-hydrogen) atoms. The van der Waals surface area contributed by atoms with Crippen LogP contribution in [0.2, 0.25) is 10.0 Å². The maximum absolute atomic E-state index is 14.5. The smallest absolute Gasteiger partial charge is 0.444 e. The van der Waals surface area contributed by atoms with Crippen molar-refractivity contribution >= 4 is 81.5 Å². The van der Waals surface area contributed by atoms with Crippen LogP contribution >= 0.6 is 23.2 Å². The third-order valence-corrected chi connectivity index (χ3v) is 15.4. The van der Waals surface area contributed by atoms with Crippen molar-refractivity contribution in [2.45, 2.75) is 50.6 Å². The number of likely N-dealkylation sites (tertiary alicyclic amines) is 2. The summed E-state index contributed by atoms with van der Waals surface area (Å²) in [5.74, 6) is -5.61. The van der Waals surface area contributed by atoms with E-state index in [0.29, 0.717) is 91.6 Å². The number of anilines is 4. The van der Waals surface area contributed by atoms with Gasteiger partial charge >= 0.3 is 11.9 Å². The third-order valence-electron chi connectivity index (χ3n) is 14.7. The van der Waals surface area contributed by atoms with E-state index in [1.54, 1.807) is 24.3 Å². The Hall–Kier alpha value is -7.14. The van der Waals surface area contributed by atoms with Gasteiger partial charge in [0, 0.05) is 128 Å². The molecule has 8 rings (SSSR count). The quantitative estimate of drug-likeness (QED) is 0.0923. The van der Waals surface area contributed by atoms with Gasteiger partial charge in [-0.15, -0.1) is 0 Å². The molecule has 4 amide bonds. The summed E-state index contributed by atoms with van der Waals surface area (Å²) in [4.78, 5) is 107. The summed E-state index contributed by atoms with van der Waals surface area (Å²) in [6, 6.07) is 16.2. The molecule has 418 valence electrons. The second kappa shape index (κ2) is 26.0. The lowest BCUT2D eigenvalue weighted by atomic mass is 10.0. The number of methoxy groups -OCH3 is 2. The molecule has 4 aliphatic heterocycles. The standard InChI is InChI=1S/C54H64Cl2F2N10O10/c1-75-47-33-45(59)43(55)31-41(47)51(71)67(39-11-17-61(18-12-39)21-15-49(69)65-27-23-63(24-28-65)37-7-3-35(57)4-8-37)77-53(73)54(74)78-68(52(72)42-32-44(56)46(60)34-48(42)76-2)40-13-19-62(20-14-40)22-16-50(70)66-29-25-64(26-30-66)38-9-5-36(58)6-10-38/h3-10,31-34,39-40H,11-30,59-60H2,1-2H3. The van der Waals surface area contributed by atoms with Crippen molar-refractivity contribution in [2.75, 3.05) is 127 Å². The van der Waals surface area contributed by atoms with E-state index < -0.39 is 35.8 Å². The number of carbonyl (C=O) groups is 6. The van der Waals surface area contributed by atoms with Crippen LogP contribution in [0.5, 0.6) is 11.5 Å². The second-order valence-electron chi connectivity index (χ2n) is 19.5. The SMILES string of the molecule is COc1cc(N)c(Cl)cc1C(=O)N(OC(=O)C(=O)ON(C(=O)c1cc(Cl)c(N)cc1OC)C1CCN(CCC(=O)N2CCN(c3ccc(F)cc3)CC2)CC1)C1CCN(CCC(=O)N2CCN(c3ccc(F)cc3)CC2)CC1. The number of rotatable bonds is 14. The van der Waals surface area contributed by atoms with E-state index in [9.17, 15) is 37.5 Å². The van der Waals surface area contributed by atoms with Gasteiger partial charge in [0.15, 0.2) is 0 Å². The number of carbonyl (C=O) groups excluding carboxylic acids is 6. The highest BCUT2D eigenvalue weighted by Crippen LogP contribution is 2.34. The molecule has 4 heterocycles. The lowest BCUT2D eigenvalue weighted by Gasteiger charge is -2.38. The molecule has 4 aromatic rings. The average Bonchev–Trinajstić information content (AvgIpc) is 3.47. The van der Waals surface area contributed by atoms with Crippen LogP contribution in [-0.2, 0) is 28.9 Å². The first-order chi connectivity index (χ1) is 37.5. The molecular formula is C54H64Cl2F2N10O10. The predicted molar refractivity (Wildman–Crippen MR) is 288 cm³/mol. The maximum Gasteiger partial charge on any atom is 0.444 e. The molecule has 0 radical (unpaired) electrons. The van der Waals surface area contributed by atoms with Crippen LogP contribution < -0.4 is 30.7 Å². The Morgan fingerprint density at radius 1 is 0.526 bits per heavy atom. The summed E-state index contributed by atoms with van der Waals surface area (Å²) >= 11 is 12.8. The van der Waals surface area contributed by atoms with E-state index in [1.165, 1.54) is 62.8 Å². The zero-order valence-electron chi connectivity index (χ0n) is 43.6. The summed E-state index contributed by atoms with van der Waals surface area (Å²) in [6.07, 6.45) is 1.50. The highest BCUT2D eigenvalue weighted by Gasteiger charge is 2.40. The van der Waals surface area contributed by atoms with E-state index in [4.69, 9.17) is 53.8 Å². The number of hydrogen-bond acceptors (Lipinski definition) is 16. The molecule has 4 N–H and O–H groups in total. The number of nitrogens with two attached hydrogens (primary N) is 2. The molecule has 4 aliphatic rings. The highest BCUT2D eigenvalue weighted by molar-refractivity contribution is 6.34. The van der Waals surface area contributed by atoms with E-state index >= 15 is 0 Å². The first kappa shape index (κ1) is 57.0. The molecule has 0 spiro atoms. The fourth-order valence-corrected chi connectivity index (χ4v) is 10.5. The van der Waals surface area contributed by atoms with Gasteiger partial charge in [0.05, 0.1) is 58.9 Å². The van der Waals surface area contributed by atoms with Gasteiger partial charge in [-0.2, -0.15) is 10.1 Å². The summed E-state index contributed by atoms with van der Waals surface area (Å²) in [7, 11) is 2.64. The van der Waals surface area contributed by atoms with Crippen LogP contribution in [0.3, 0.4) is 0 Å². The molecule has 20 nitrogen and oxygen atoms in total. The van der Waals surface area contributed by atoms with Crippen LogP contribution in [0.4, 0.5) is 31.5 Å². The van der Waals surface area contributed by atoms with Gasteiger partial charge in [-0.1, -0.05) is 23.2 Å². The van der Waals surface area contributed by atoms with Gasteiger partial charge in [-0.25, -0.2) is 18.4 Å². The van der Waals surface area contributed by atoms with E-state index in [-0.39, 0.29) is 106 Å². The molecule has 0 aliphatic carbocycles. The van der Waals surface area contributed by atoms with Crippen LogP contribution in [-0.4, -0.2) is 183 Å². The second-order valence-corrected chi connectivity index (χ2v) is 20.3. The van der Waals surface area contributed by atoms with Gasteiger partial charge in [0.2, 0.25) is 11.8 Å². The van der Waals surface area contributed by atoms with Gasteiger partial charge in [-0.3, -0.25) is 19.2 Å². The largest absolute Gasteiger partial charge is 0.496 e. The highest BCUT2D eigenvalue weighted by atomic mass is 35.5. The van der Waals surface area contributed by atoms with E-state index in [0.717, 1.165) is 21.5 Å². The van der Waals surface area contributed by atoms with Crippen LogP contribution in [0, 0.1) is 11.6 Å². The topological polar surface area (TPSA) is 217 Å². The zero-order valence-corrected chi connectivity index (χ0v) is 45.1. The summed E-state index contributed by atoms with van der Waals surface area (Å²) in [5, 5.41) is 1.61. The Morgan fingerprint density at radius 3 is 1.18 bits per heavy atom. The van der Waals surface area contributed by atoms with Gasteiger partial charge in [-0.05, 0) is 86.3 Å². The number of hydrogen-bond donors (Lipinski definition) is 2.